The molecule has 0 radical (unpaired) electrons. The normalized spacial score (nSPS) is 10.3. The van der Waals surface area contributed by atoms with Gasteiger partial charge >= 0.3 is 5.97 Å². The Bertz CT molecular complexity index is 596. The van der Waals surface area contributed by atoms with Gasteiger partial charge in [-0.25, -0.2) is 4.79 Å². The number of halogens is 1. The van der Waals surface area contributed by atoms with Gasteiger partial charge in [-0.1, -0.05) is 46.3 Å². The van der Waals surface area contributed by atoms with Gasteiger partial charge in [0.1, 0.15) is 11.3 Å². The zero-order valence-electron chi connectivity index (χ0n) is 11.6. The van der Waals surface area contributed by atoms with Gasteiger partial charge in [-0.15, -0.1) is 0 Å². The molecule has 0 unspecified atom stereocenters. The van der Waals surface area contributed by atoms with Crippen LogP contribution in [-0.4, -0.2) is 17.7 Å². The lowest BCUT2D eigenvalue weighted by molar-refractivity contribution is 0.0692. The van der Waals surface area contributed by atoms with E-state index in [4.69, 9.17) is 9.84 Å². The summed E-state index contributed by atoms with van der Waals surface area (Å²) >= 11 is 3.33. The summed E-state index contributed by atoms with van der Waals surface area (Å²) in [6.45, 7) is 0.517. The smallest absolute Gasteiger partial charge is 0.339 e. The number of carboxylic acids is 1. The van der Waals surface area contributed by atoms with Crippen LogP contribution in [0.4, 0.5) is 0 Å². The van der Waals surface area contributed by atoms with Crippen LogP contribution in [0.15, 0.2) is 53.0 Å². The molecule has 0 aliphatic rings. The largest absolute Gasteiger partial charge is 0.493 e. The van der Waals surface area contributed by atoms with E-state index in [0.29, 0.717) is 12.4 Å². The van der Waals surface area contributed by atoms with Gasteiger partial charge < -0.3 is 9.84 Å². The Morgan fingerprint density at radius 1 is 1.10 bits per heavy atom. The first-order chi connectivity index (χ1) is 10.2. The monoisotopic (exact) mass is 348 g/mol. The fourth-order valence-corrected chi connectivity index (χ4v) is 2.39. The van der Waals surface area contributed by atoms with E-state index < -0.39 is 5.97 Å². The Balaban J connectivity index is 1.81. The number of hydrogen-bond donors (Lipinski definition) is 1. The molecule has 0 atom stereocenters. The molecule has 0 fully saturated rings. The maximum absolute atomic E-state index is 11.1. The number of aromatic carboxylic acids is 1. The molecule has 3 nitrogen and oxygen atoms in total. The molecule has 0 aliphatic carbocycles. The summed E-state index contributed by atoms with van der Waals surface area (Å²) < 4.78 is 6.42. The maximum atomic E-state index is 11.1. The van der Waals surface area contributed by atoms with Gasteiger partial charge in [-0.3, -0.25) is 0 Å². The zero-order chi connectivity index (χ0) is 15.1. The number of rotatable bonds is 7. The minimum absolute atomic E-state index is 0.196. The minimum atomic E-state index is -0.971. The number of aryl methyl sites for hydroxylation is 1. The SMILES string of the molecule is O=C(O)c1ccc(Br)cc1OCCCCc1ccccc1. The Labute approximate surface area is 132 Å². The molecule has 0 amide bonds. The lowest BCUT2D eigenvalue weighted by Gasteiger charge is -2.09. The van der Waals surface area contributed by atoms with E-state index >= 15 is 0 Å². The quantitative estimate of drug-likeness (QED) is 0.746. The van der Waals surface area contributed by atoms with Crippen LogP contribution < -0.4 is 4.74 Å². The third-order valence-electron chi connectivity index (χ3n) is 3.13. The van der Waals surface area contributed by atoms with Gasteiger partial charge in [0.25, 0.3) is 0 Å². The van der Waals surface area contributed by atoms with E-state index in [1.807, 2.05) is 18.2 Å². The molecule has 0 heterocycles. The summed E-state index contributed by atoms with van der Waals surface area (Å²) in [6.07, 6.45) is 2.91. The van der Waals surface area contributed by atoms with E-state index in [9.17, 15) is 4.79 Å². The first kappa shape index (κ1) is 15.6. The highest BCUT2D eigenvalue weighted by molar-refractivity contribution is 9.10. The molecule has 2 aromatic carbocycles. The van der Waals surface area contributed by atoms with Crippen molar-refractivity contribution >= 4 is 21.9 Å². The summed E-state index contributed by atoms with van der Waals surface area (Å²) in [4.78, 5) is 11.1. The van der Waals surface area contributed by atoms with Gasteiger partial charge in [0.05, 0.1) is 6.61 Å². The molecule has 2 rings (SSSR count). The van der Waals surface area contributed by atoms with Gasteiger partial charge in [-0.2, -0.15) is 0 Å². The van der Waals surface area contributed by atoms with Crippen LogP contribution >= 0.6 is 15.9 Å². The molecule has 0 bridgehead atoms. The van der Waals surface area contributed by atoms with E-state index in [1.165, 1.54) is 5.56 Å². The average Bonchev–Trinajstić information content (AvgIpc) is 2.48. The van der Waals surface area contributed by atoms with Crippen molar-refractivity contribution in [2.24, 2.45) is 0 Å². The van der Waals surface area contributed by atoms with Crippen LogP contribution in [-0.2, 0) is 6.42 Å². The van der Waals surface area contributed by atoms with Crippen molar-refractivity contribution < 1.29 is 14.6 Å². The van der Waals surface area contributed by atoms with Crippen molar-refractivity contribution in [2.45, 2.75) is 19.3 Å². The third-order valence-corrected chi connectivity index (χ3v) is 3.63. The minimum Gasteiger partial charge on any atom is -0.493 e. The van der Waals surface area contributed by atoms with E-state index in [-0.39, 0.29) is 5.56 Å². The van der Waals surface area contributed by atoms with Crippen LogP contribution in [0.2, 0.25) is 0 Å². The highest BCUT2D eigenvalue weighted by Crippen LogP contribution is 2.24. The van der Waals surface area contributed by atoms with Crippen molar-refractivity contribution in [1.29, 1.82) is 0 Å². The van der Waals surface area contributed by atoms with Crippen molar-refractivity contribution in [3.63, 3.8) is 0 Å². The Morgan fingerprint density at radius 3 is 2.57 bits per heavy atom. The summed E-state index contributed by atoms with van der Waals surface area (Å²) in [5.74, 6) is -0.557. The molecule has 2 aromatic rings. The molecule has 0 saturated heterocycles. The summed E-state index contributed by atoms with van der Waals surface area (Å²) in [5.41, 5.74) is 1.51. The Morgan fingerprint density at radius 2 is 1.86 bits per heavy atom. The number of unbranched alkanes of at least 4 members (excludes halogenated alkanes) is 1. The lowest BCUT2D eigenvalue weighted by atomic mass is 10.1. The van der Waals surface area contributed by atoms with Gasteiger partial charge in [0.15, 0.2) is 0 Å². The predicted molar refractivity (Wildman–Crippen MR) is 86.0 cm³/mol. The zero-order valence-corrected chi connectivity index (χ0v) is 13.2. The topological polar surface area (TPSA) is 46.5 Å². The second-order valence-corrected chi connectivity index (χ2v) is 5.65. The van der Waals surface area contributed by atoms with E-state index in [2.05, 4.69) is 28.1 Å². The molecular weight excluding hydrogens is 332 g/mol. The van der Waals surface area contributed by atoms with Gasteiger partial charge in [0.2, 0.25) is 0 Å². The van der Waals surface area contributed by atoms with Gasteiger partial charge in [0, 0.05) is 4.47 Å². The van der Waals surface area contributed by atoms with E-state index in [0.717, 1.165) is 23.7 Å². The van der Waals surface area contributed by atoms with Crippen molar-refractivity contribution in [3.05, 3.63) is 64.1 Å². The number of benzene rings is 2. The molecule has 1 N–H and O–H groups in total. The number of carbonyl (C=O) groups is 1. The van der Waals surface area contributed by atoms with Crippen molar-refractivity contribution in [3.8, 4) is 5.75 Å². The van der Waals surface area contributed by atoms with Crippen molar-refractivity contribution in [1.82, 2.24) is 0 Å². The Hall–Kier alpha value is -1.81. The van der Waals surface area contributed by atoms with Crippen LogP contribution in [0.25, 0.3) is 0 Å². The fourth-order valence-electron chi connectivity index (χ4n) is 2.05. The van der Waals surface area contributed by atoms with Gasteiger partial charge in [-0.05, 0) is 43.0 Å². The molecule has 0 aromatic heterocycles. The van der Waals surface area contributed by atoms with E-state index in [1.54, 1.807) is 18.2 Å². The molecule has 0 saturated carbocycles. The lowest BCUT2D eigenvalue weighted by Crippen LogP contribution is -2.04. The highest BCUT2D eigenvalue weighted by atomic mass is 79.9. The van der Waals surface area contributed by atoms with Crippen LogP contribution in [0.5, 0.6) is 5.75 Å². The molecule has 0 aliphatic heterocycles. The number of carboxylic acid groups (broad SMARTS) is 1. The molecule has 21 heavy (non-hydrogen) atoms. The van der Waals surface area contributed by atoms with Crippen LogP contribution in [0, 0.1) is 0 Å². The fraction of sp³-hybridized carbons (Fsp3) is 0.235. The standard InChI is InChI=1S/C17H17BrO3/c18-14-9-10-15(17(19)20)16(12-14)21-11-5-4-8-13-6-2-1-3-7-13/h1-3,6-7,9-10,12H,4-5,8,11H2,(H,19,20). The second kappa shape index (κ2) is 7.84. The van der Waals surface area contributed by atoms with Crippen molar-refractivity contribution in [2.75, 3.05) is 6.61 Å². The average molecular weight is 349 g/mol. The summed E-state index contributed by atoms with van der Waals surface area (Å²) in [5, 5.41) is 9.11. The highest BCUT2D eigenvalue weighted by Gasteiger charge is 2.11. The molecular formula is C17H17BrO3. The summed E-state index contributed by atoms with van der Waals surface area (Å²) in [7, 11) is 0. The first-order valence-electron chi connectivity index (χ1n) is 6.86. The molecule has 110 valence electrons. The molecule has 0 spiro atoms. The third kappa shape index (κ3) is 4.90. The Kier molecular flexibility index (Phi) is 5.81. The molecule has 4 heteroatoms. The van der Waals surface area contributed by atoms with Crippen LogP contribution in [0.1, 0.15) is 28.8 Å². The number of ether oxygens (including phenoxy) is 1. The maximum Gasteiger partial charge on any atom is 0.339 e. The predicted octanol–water partition coefficient (Wildman–Crippen LogP) is 4.55. The summed E-state index contributed by atoms with van der Waals surface area (Å²) in [6, 6.07) is 15.2. The second-order valence-electron chi connectivity index (χ2n) is 4.74. The van der Waals surface area contributed by atoms with Crippen LogP contribution in [0.3, 0.4) is 0 Å². The number of hydrogen-bond acceptors (Lipinski definition) is 2. The first-order valence-corrected chi connectivity index (χ1v) is 7.65.